The van der Waals surface area contributed by atoms with Gasteiger partial charge in [0.05, 0.1) is 11.5 Å². The third-order valence-corrected chi connectivity index (χ3v) is 3.39. The van der Waals surface area contributed by atoms with Gasteiger partial charge in [-0.1, -0.05) is 33.6 Å². The van der Waals surface area contributed by atoms with Crippen molar-refractivity contribution in [2.75, 3.05) is 0 Å². The Bertz CT molecular complexity index is 663. The highest BCUT2D eigenvalue weighted by Gasteiger charge is 2.16. The van der Waals surface area contributed by atoms with Crippen molar-refractivity contribution in [2.45, 2.75) is 6.61 Å². The monoisotopic (exact) mass is 357 g/mol. The van der Waals surface area contributed by atoms with Gasteiger partial charge in [-0.3, -0.25) is 10.1 Å². The minimum absolute atomic E-state index is 0.117. The van der Waals surface area contributed by atoms with E-state index in [1.807, 2.05) is 0 Å². The lowest BCUT2D eigenvalue weighted by molar-refractivity contribution is -0.385. The molecule has 2 rings (SSSR count). The molecule has 0 spiro atoms. The summed E-state index contributed by atoms with van der Waals surface area (Å²) in [7, 11) is 0. The zero-order valence-corrected chi connectivity index (χ0v) is 12.4. The van der Waals surface area contributed by atoms with Gasteiger partial charge in [0.25, 0.3) is 0 Å². The molecular formula is C13H9BrClNO4. The second-order valence-corrected chi connectivity index (χ2v) is 5.21. The topological polar surface area (TPSA) is 72.6 Å². The van der Waals surface area contributed by atoms with Gasteiger partial charge in [-0.15, -0.1) is 0 Å². The lowest BCUT2D eigenvalue weighted by Gasteiger charge is -2.08. The summed E-state index contributed by atoms with van der Waals surface area (Å²) in [6.07, 6.45) is 0. The average Bonchev–Trinajstić information content (AvgIpc) is 2.41. The maximum atomic E-state index is 11.0. The molecule has 5 nitrogen and oxygen atoms in total. The van der Waals surface area contributed by atoms with Gasteiger partial charge >= 0.3 is 5.69 Å². The second kappa shape index (κ2) is 6.21. The largest absolute Gasteiger partial charge is 0.450 e. The van der Waals surface area contributed by atoms with Gasteiger partial charge in [0, 0.05) is 15.6 Å². The number of benzene rings is 2. The van der Waals surface area contributed by atoms with Crippen molar-refractivity contribution in [2.24, 2.45) is 0 Å². The van der Waals surface area contributed by atoms with Gasteiger partial charge in [-0.05, 0) is 29.8 Å². The summed E-state index contributed by atoms with van der Waals surface area (Å²) >= 11 is 9.11. The summed E-state index contributed by atoms with van der Waals surface area (Å²) in [5.74, 6) is 0.476. The van der Waals surface area contributed by atoms with E-state index in [9.17, 15) is 10.1 Å². The number of hydrogen-bond acceptors (Lipinski definition) is 4. The Morgan fingerprint density at radius 3 is 2.65 bits per heavy atom. The van der Waals surface area contributed by atoms with Crippen molar-refractivity contribution in [1.29, 1.82) is 0 Å². The number of halogens is 2. The molecule has 0 bridgehead atoms. The molecule has 0 saturated heterocycles. The predicted molar refractivity (Wildman–Crippen MR) is 78.2 cm³/mol. The molecule has 2 aromatic rings. The first-order valence-corrected chi connectivity index (χ1v) is 6.69. The molecule has 0 fully saturated rings. The van der Waals surface area contributed by atoms with E-state index >= 15 is 0 Å². The first-order chi connectivity index (χ1) is 9.51. The molecule has 0 aliphatic carbocycles. The van der Waals surface area contributed by atoms with Crippen LogP contribution in [-0.2, 0) is 6.61 Å². The average molecular weight is 359 g/mol. The Balaban J connectivity index is 2.35. The lowest BCUT2D eigenvalue weighted by Crippen LogP contribution is -1.94. The van der Waals surface area contributed by atoms with Crippen molar-refractivity contribution in [3.8, 4) is 11.5 Å². The number of aliphatic hydroxyl groups excluding tert-OH is 1. The first-order valence-electron chi connectivity index (χ1n) is 5.52. The highest BCUT2D eigenvalue weighted by atomic mass is 79.9. The van der Waals surface area contributed by atoms with Crippen molar-refractivity contribution in [1.82, 2.24) is 0 Å². The molecule has 1 N–H and O–H groups in total. The molecule has 0 radical (unpaired) electrons. The normalized spacial score (nSPS) is 10.3. The molecule has 7 heteroatoms. The fourth-order valence-electron chi connectivity index (χ4n) is 1.57. The molecule has 2 aromatic carbocycles. The van der Waals surface area contributed by atoms with Gasteiger partial charge in [0.15, 0.2) is 0 Å². The molecule has 0 amide bonds. The van der Waals surface area contributed by atoms with Crippen LogP contribution in [0.4, 0.5) is 5.69 Å². The van der Waals surface area contributed by atoms with Crippen LogP contribution in [0.25, 0.3) is 0 Å². The summed E-state index contributed by atoms with van der Waals surface area (Å²) in [5.41, 5.74) is 0.408. The summed E-state index contributed by atoms with van der Waals surface area (Å²) in [4.78, 5) is 10.5. The minimum Gasteiger partial charge on any atom is -0.450 e. The molecule has 104 valence electrons. The molecule has 0 unspecified atom stereocenters. The van der Waals surface area contributed by atoms with E-state index in [-0.39, 0.29) is 18.0 Å². The van der Waals surface area contributed by atoms with Crippen molar-refractivity contribution in [3.05, 3.63) is 61.6 Å². The smallest absolute Gasteiger partial charge is 0.312 e. The predicted octanol–water partition coefficient (Wildman–Crippen LogP) is 4.30. The Hall–Kier alpha value is -1.63. The second-order valence-electron chi connectivity index (χ2n) is 3.88. The summed E-state index contributed by atoms with van der Waals surface area (Å²) in [5, 5.41) is 20.3. The molecule has 0 aliphatic heterocycles. The minimum atomic E-state index is -0.524. The molecule has 0 heterocycles. The van der Waals surface area contributed by atoms with Gasteiger partial charge in [-0.25, -0.2) is 0 Å². The van der Waals surface area contributed by atoms with Crippen LogP contribution >= 0.6 is 27.5 Å². The highest BCUT2D eigenvalue weighted by Crippen LogP contribution is 2.34. The van der Waals surface area contributed by atoms with Crippen molar-refractivity contribution < 1.29 is 14.8 Å². The van der Waals surface area contributed by atoms with E-state index in [2.05, 4.69) is 15.9 Å². The third-order valence-electron chi connectivity index (χ3n) is 2.54. The van der Waals surface area contributed by atoms with Crippen LogP contribution in [0.3, 0.4) is 0 Å². The van der Waals surface area contributed by atoms with E-state index in [1.165, 1.54) is 18.2 Å². The maximum absolute atomic E-state index is 11.0. The summed E-state index contributed by atoms with van der Waals surface area (Å²) in [6, 6.07) is 9.19. The standard InChI is InChI=1S/C13H9BrClNO4/c14-9-2-4-13(12(5-9)16(18)19)20-10-3-1-8(7-17)11(15)6-10/h1-6,17H,7H2. The number of aliphatic hydroxyl groups is 1. The zero-order valence-electron chi connectivity index (χ0n) is 10.0. The quantitative estimate of drug-likeness (QED) is 0.653. The molecule has 0 aromatic heterocycles. The Morgan fingerprint density at radius 1 is 1.30 bits per heavy atom. The van der Waals surface area contributed by atoms with Crippen molar-refractivity contribution in [3.63, 3.8) is 0 Å². The van der Waals surface area contributed by atoms with Crippen LogP contribution < -0.4 is 4.74 Å². The van der Waals surface area contributed by atoms with E-state index in [0.29, 0.717) is 20.8 Å². The maximum Gasteiger partial charge on any atom is 0.312 e. The van der Waals surface area contributed by atoms with Gasteiger partial charge in [0.2, 0.25) is 5.75 Å². The molecule has 0 atom stereocenters. The fourth-order valence-corrected chi connectivity index (χ4v) is 2.15. The Labute approximate surface area is 128 Å². The summed E-state index contributed by atoms with van der Waals surface area (Å²) < 4.78 is 6.07. The number of nitro groups is 1. The lowest BCUT2D eigenvalue weighted by atomic mass is 10.2. The Kier molecular flexibility index (Phi) is 4.59. The highest BCUT2D eigenvalue weighted by molar-refractivity contribution is 9.10. The number of nitro benzene ring substituents is 1. The van der Waals surface area contributed by atoms with Crippen LogP contribution in [0.1, 0.15) is 5.56 Å². The van der Waals surface area contributed by atoms with Gasteiger partial charge < -0.3 is 9.84 Å². The van der Waals surface area contributed by atoms with E-state index in [0.717, 1.165) is 0 Å². The SMILES string of the molecule is O=[N+]([O-])c1cc(Br)ccc1Oc1ccc(CO)c(Cl)c1. The number of ether oxygens (including phenoxy) is 1. The number of rotatable bonds is 4. The van der Waals surface area contributed by atoms with Gasteiger partial charge in [-0.2, -0.15) is 0 Å². The number of nitrogens with zero attached hydrogens (tertiary/aromatic N) is 1. The molecular weight excluding hydrogens is 350 g/mol. The van der Waals surface area contributed by atoms with Crippen LogP contribution in [0, 0.1) is 10.1 Å². The van der Waals surface area contributed by atoms with Crippen LogP contribution in [0.5, 0.6) is 11.5 Å². The van der Waals surface area contributed by atoms with E-state index < -0.39 is 4.92 Å². The van der Waals surface area contributed by atoms with E-state index in [4.69, 9.17) is 21.4 Å². The van der Waals surface area contributed by atoms with Crippen molar-refractivity contribution >= 4 is 33.2 Å². The number of hydrogen-bond donors (Lipinski definition) is 1. The molecule has 0 aliphatic rings. The Morgan fingerprint density at radius 2 is 2.05 bits per heavy atom. The van der Waals surface area contributed by atoms with Gasteiger partial charge in [0.1, 0.15) is 5.75 Å². The summed E-state index contributed by atoms with van der Waals surface area (Å²) in [6.45, 7) is -0.183. The van der Waals surface area contributed by atoms with Crippen LogP contribution in [0.15, 0.2) is 40.9 Å². The fraction of sp³-hybridized carbons (Fsp3) is 0.0769. The van der Waals surface area contributed by atoms with Crippen LogP contribution in [-0.4, -0.2) is 10.0 Å². The third kappa shape index (κ3) is 3.27. The molecule has 0 saturated carbocycles. The zero-order chi connectivity index (χ0) is 14.7. The van der Waals surface area contributed by atoms with Crippen LogP contribution in [0.2, 0.25) is 5.02 Å². The van der Waals surface area contributed by atoms with E-state index in [1.54, 1.807) is 18.2 Å². The first kappa shape index (κ1) is 14.8. The molecule has 20 heavy (non-hydrogen) atoms.